The molecule has 0 rings (SSSR count). The van der Waals surface area contributed by atoms with Crippen molar-refractivity contribution in [1.82, 2.24) is 0 Å². The Labute approximate surface area is 94.8 Å². The maximum Gasteiger partial charge on any atom is 0.306 e. The first kappa shape index (κ1) is 13.7. The zero-order chi connectivity index (χ0) is 11.2. The fourth-order valence-corrected chi connectivity index (χ4v) is 1.55. The van der Waals surface area contributed by atoms with Crippen LogP contribution in [0, 0.1) is 5.92 Å². The molecule has 0 radical (unpaired) electrons. The van der Waals surface area contributed by atoms with E-state index in [9.17, 15) is 4.79 Å². The number of hydrogen-bond acceptors (Lipinski definition) is 2. The van der Waals surface area contributed by atoms with E-state index in [-0.39, 0.29) is 11.6 Å². The molecule has 0 aliphatic heterocycles. The first-order valence-corrected chi connectivity index (χ1v) is 5.90. The summed E-state index contributed by atoms with van der Waals surface area (Å²) >= 11 is 3.37. The Balaban J connectivity index is 3.96. The lowest BCUT2D eigenvalue weighted by molar-refractivity contribution is -0.155. The third-order valence-electron chi connectivity index (χ3n) is 1.59. The molecule has 1 atom stereocenters. The van der Waals surface area contributed by atoms with Crippen LogP contribution in [0.5, 0.6) is 0 Å². The summed E-state index contributed by atoms with van der Waals surface area (Å²) in [5, 5.41) is 0.804. The molecule has 0 bridgehead atoms. The van der Waals surface area contributed by atoms with Crippen molar-refractivity contribution >= 4 is 21.9 Å². The number of ether oxygens (including phenoxy) is 1. The van der Waals surface area contributed by atoms with Crippen molar-refractivity contribution in [1.29, 1.82) is 0 Å². The van der Waals surface area contributed by atoms with Crippen LogP contribution in [0.2, 0.25) is 0 Å². The van der Waals surface area contributed by atoms with E-state index in [2.05, 4.69) is 22.5 Å². The normalized spacial score (nSPS) is 13.4. The van der Waals surface area contributed by atoms with Crippen molar-refractivity contribution in [3.05, 3.63) is 12.7 Å². The number of rotatable bonds is 5. The van der Waals surface area contributed by atoms with Gasteiger partial charge in [-0.15, -0.1) is 6.58 Å². The molecule has 0 aliphatic carbocycles. The minimum Gasteiger partial charge on any atom is -0.460 e. The summed E-state index contributed by atoms with van der Waals surface area (Å²) < 4.78 is 5.22. The van der Waals surface area contributed by atoms with Crippen LogP contribution in [0.4, 0.5) is 0 Å². The first-order valence-electron chi connectivity index (χ1n) is 4.77. The van der Waals surface area contributed by atoms with E-state index in [0.717, 1.165) is 11.8 Å². The molecule has 14 heavy (non-hydrogen) atoms. The van der Waals surface area contributed by atoms with Crippen LogP contribution in [0.1, 0.15) is 33.6 Å². The fraction of sp³-hybridized carbons (Fsp3) is 0.727. The van der Waals surface area contributed by atoms with Crippen LogP contribution >= 0.6 is 15.9 Å². The molecule has 0 saturated heterocycles. The highest BCUT2D eigenvalue weighted by molar-refractivity contribution is 9.09. The lowest BCUT2D eigenvalue weighted by atomic mass is 10.0. The summed E-state index contributed by atoms with van der Waals surface area (Å²) in [6.07, 6.45) is 3.12. The summed E-state index contributed by atoms with van der Waals surface area (Å²) in [6.45, 7) is 9.29. The van der Waals surface area contributed by atoms with Gasteiger partial charge in [-0.25, -0.2) is 0 Å². The molecule has 0 aliphatic rings. The summed E-state index contributed by atoms with van der Waals surface area (Å²) in [5.41, 5.74) is -0.387. The predicted octanol–water partition coefficient (Wildman–Crippen LogP) is 3.31. The van der Waals surface area contributed by atoms with E-state index in [1.807, 2.05) is 26.8 Å². The molecule has 0 aromatic rings. The smallest absolute Gasteiger partial charge is 0.306 e. The zero-order valence-corrected chi connectivity index (χ0v) is 10.8. The summed E-state index contributed by atoms with van der Waals surface area (Å²) in [5.74, 6) is 0.158. The molecule has 0 N–H and O–H groups in total. The SMILES string of the molecule is C=CC[C@@H](CBr)CC(=O)OC(C)(C)C. The molecule has 0 heterocycles. The minimum atomic E-state index is -0.387. The van der Waals surface area contributed by atoms with Crippen LogP contribution in [-0.2, 0) is 9.53 Å². The minimum absolute atomic E-state index is 0.135. The van der Waals surface area contributed by atoms with Crippen molar-refractivity contribution in [3.63, 3.8) is 0 Å². The van der Waals surface area contributed by atoms with E-state index in [1.165, 1.54) is 0 Å². The molecule has 2 nitrogen and oxygen atoms in total. The monoisotopic (exact) mass is 262 g/mol. The number of halogens is 1. The number of carbonyl (C=O) groups excluding carboxylic acids is 1. The van der Waals surface area contributed by atoms with Gasteiger partial charge in [0, 0.05) is 11.8 Å². The average Bonchev–Trinajstić information content (AvgIpc) is 2.00. The van der Waals surface area contributed by atoms with Gasteiger partial charge in [0.2, 0.25) is 0 Å². The van der Waals surface area contributed by atoms with Crippen LogP contribution in [-0.4, -0.2) is 16.9 Å². The maximum absolute atomic E-state index is 11.4. The molecule has 0 fully saturated rings. The zero-order valence-electron chi connectivity index (χ0n) is 9.18. The molecule has 0 unspecified atom stereocenters. The summed E-state index contributed by atoms with van der Waals surface area (Å²) in [7, 11) is 0. The van der Waals surface area contributed by atoms with E-state index in [4.69, 9.17) is 4.74 Å². The van der Waals surface area contributed by atoms with Crippen molar-refractivity contribution in [2.75, 3.05) is 5.33 Å². The first-order chi connectivity index (χ1) is 6.39. The van der Waals surface area contributed by atoms with Gasteiger partial charge < -0.3 is 4.74 Å². The largest absolute Gasteiger partial charge is 0.460 e. The van der Waals surface area contributed by atoms with E-state index < -0.39 is 0 Å². The Kier molecular flexibility index (Phi) is 6.09. The topological polar surface area (TPSA) is 26.3 Å². The van der Waals surface area contributed by atoms with Gasteiger partial charge in [-0.05, 0) is 33.1 Å². The molecule has 82 valence electrons. The quantitative estimate of drug-likeness (QED) is 0.432. The third-order valence-corrected chi connectivity index (χ3v) is 2.51. The van der Waals surface area contributed by atoms with E-state index in [0.29, 0.717) is 12.3 Å². The standard InChI is InChI=1S/C11H19BrO2/c1-5-6-9(8-12)7-10(13)14-11(2,3)4/h5,9H,1,6-8H2,2-4H3/t9-/m1/s1. The lowest BCUT2D eigenvalue weighted by Gasteiger charge is -2.21. The van der Waals surface area contributed by atoms with Gasteiger partial charge in [-0.2, -0.15) is 0 Å². The molecule has 0 amide bonds. The van der Waals surface area contributed by atoms with Gasteiger partial charge in [0.15, 0.2) is 0 Å². The van der Waals surface area contributed by atoms with Crippen LogP contribution in [0.25, 0.3) is 0 Å². The number of hydrogen-bond donors (Lipinski definition) is 0. The van der Waals surface area contributed by atoms with Crippen molar-refractivity contribution in [2.24, 2.45) is 5.92 Å². The molecule has 3 heteroatoms. The molecule has 0 spiro atoms. The highest BCUT2D eigenvalue weighted by Crippen LogP contribution is 2.16. The Morgan fingerprint density at radius 2 is 2.14 bits per heavy atom. The Morgan fingerprint density at radius 1 is 1.57 bits per heavy atom. The van der Waals surface area contributed by atoms with Gasteiger partial charge in [-0.1, -0.05) is 22.0 Å². The van der Waals surface area contributed by atoms with Gasteiger partial charge in [0.1, 0.15) is 5.60 Å². The molecule has 0 saturated carbocycles. The number of alkyl halides is 1. The number of esters is 1. The predicted molar refractivity (Wildman–Crippen MR) is 62.6 cm³/mol. The van der Waals surface area contributed by atoms with Gasteiger partial charge in [0.25, 0.3) is 0 Å². The second-order valence-electron chi connectivity index (χ2n) is 4.34. The average molecular weight is 263 g/mol. The molecular formula is C11H19BrO2. The van der Waals surface area contributed by atoms with E-state index in [1.54, 1.807) is 0 Å². The third kappa shape index (κ3) is 7.13. The second kappa shape index (κ2) is 6.23. The van der Waals surface area contributed by atoms with E-state index >= 15 is 0 Å². The van der Waals surface area contributed by atoms with Gasteiger partial charge >= 0.3 is 5.97 Å². The number of allylic oxidation sites excluding steroid dienone is 1. The maximum atomic E-state index is 11.4. The van der Waals surface area contributed by atoms with Crippen LogP contribution < -0.4 is 0 Å². The fourth-order valence-electron chi connectivity index (χ4n) is 1.06. The molecule has 0 aromatic heterocycles. The van der Waals surface area contributed by atoms with Gasteiger partial charge in [-0.3, -0.25) is 4.79 Å². The highest BCUT2D eigenvalue weighted by atomic mass is 79.9. The van der Waals surface area contributed by atoms with Crippen molar-refractivity contribution in [2.45, 2.75) is 39.2 Å². The van der Waals surface area contributed by atoms with Gasteiger partial charge in [0.05, 0.1) is 0 Å². The van der Waals surface area contributed by atoms with Crippen molar-refractivity contribution < 1.29 is 9.53 Å². The second-order valence-corrected chi connectivity index (χ2v) is 4.98. The highest BCUT2D eigenvalue weighted by Gasteiger charge is 2.19. The Hall–Kier alpha value is -0.310. The van der Waals surface area contributed by atoms with Crippen molar-refractivity contribution in [3.8, 4) is 0 Å². The molecule has 0 aromatic carbocycles. The molecular weight excluding hydrogens is 244 g/mol. The Bertz CT molecular complexity index is 194. The summed E-state index contributed by atoms with van der Waals surface area (Å²) in [4.78, 5) is 11.4. The lowest BCUT2D eigenvalue weighted by Crippen LogP contribution is -2.25. The number of carbonyl (C=O) groups is 1. The summed E-state index contributed by atoms with van der Waals surface area (Å²) in [6, 6.07) is 0. The van der Waals surface area contributed by atoms with Crippen LogP contribution in [0.15, 0.2) is 12.7 Å². The van der Waals surface area contributed by atoms with Crippen LogP contribution in [0.3, 0.4) is 0 Å². The Morgan fingerprint density at radius 3 is 2.50 bits per heavy atom.